The first-order chi connectivity index (χ1) is 8.22. The van der Waals surface area contributed by atoms with Gasteiger partial charge in [-0.2, -0.15) is 0 Å². The van der Waals surface area contributed by atoms with Gasteiger partial charge in [0.2, 0.25) is 0 Å². The minimum atomic E-state index is -0.252. The molecule has 2 atom stereocenters. The molecular formula is C13H16O4. The van der Waals surface area contributed by atoms with Crippen LogP contribution in [0.1, 0.15) is 17.9 Å². The second-order valence-electron chi connectivity index (χ2n) is 4.19. The lowest BCUT2D eigenvalue weighted by atomic mass is 9.83. The van der Waals surface area contributed by atoms with Crippen molar-refractivity contribution in [3.05, 3.63) is 29.8 Å². The highest BCUT2D eigenvalue weighted by atomic mass is 16.5. The number of hydrogen-bond donors (Lipinski definition) is 1. The van der Waals surface area contributed by atoms with Gasteiger partial charge in [-0.3, -0.25) is 4.79 Å². The second-order valence-corrected chi connectivity index (χ2v) is 4.19. The number of aromatic hydroxyl groups is 1. The van der Waals surface area contributed by atoms with Crippen molar-refractivity contribution < 1.29 is 19.4 Å². The van der Waals surface area contributed by atoms with Crippen LogP contribution in [-0.4, -0.2) is 31.4 Å². The molecule has 1 fully saturated rings. The summed E-state index contributed by atoms with van der Waals surface area (Å²) in [5.74, 6) is -0.145. The Morgan fingerprint density at radius 3 is 2.76 bits per heavy atom. The minimum absolute atomic E-state index is 0.108. The molecule has 0 saturated carbocycles. The van der Waals surface area contributed by atoms with Gasteiger partial charge in [-0.25, -0.2) is 0 Å². The first-order valence-electron chi connectivity index (χ1n) is 5.67. The molecule has 4 nitrogen and oxygen atoms in total. The van der Waals surface area contributed by atoms with Crippen LogP contribution in [0, 0.1) is 5.92 Å². The first-order valence-corrected chi connectivity index (χ1v) is 5.67. The molecule has 17 heavy (non-hydrogen) atoms. The van der Waals surface area contributed by atoms with Crippen molar-refractivity contribution in [2.75, 3.05) is 20.3 Å². The van der Waals surface area contributed by atoms with Gasteiger partial charge in [0, 0.05) is 12.5 Å². The number of phenolic OH excluding ortho intramolecular Hbond substituents is 1. The zero-order chi connectivity index (χ0) is 12.3. The van der Waals surface area contributed by atoms with E-state index in [4.69, 9.17) is 9.47 Å². The summed E-state index contributed by atoms with van der Waals surface area (Å²) < 4.78 is 10.1. The van der Waals surface area contributed by atoms with Gasteiger partial charge in [-0.1, -0.05) is 12.1 Å². The largest absolute Gasteiger partial charge is 0.508 e. The van der Waals surface area contributed by atoms with Gasteiger partial charge < -0.3 is 14.6 Å². The third-order valence-electron chi connectivity index (χ3n) is 3.18. The molecule has 1 aliphatic heterocycles. The van der Waals surface area contributed by atoms with Crippen LogP contribution in [0.25, 0.3) is 0 Å². The molecule has 1 aromatic rings. The molecule has 0 aliphatic carbocycles. The van der Waals surface area contributed by atoms with Gasteiger partial charge >= 0.3 is 5.97 Å². The number of ether oxygens (including phenoxy) is 2. The van der Waals surface area contributed by atoms with Crippen LogP contribution in [0.2, 0.25) is 0 Å². The van der Waals surface area contributed by atoms with Crippen LogP contribution in [0.15, 0.2) is 24.3 Å². The topological polar surface area (TPSA) is 55.8 Å². The average Bonchev–Trinajstić information content (AvgIpc) is 2.39. The highest BCUT2D eigenvalue weighted by Crippen LogP contribution is 2.33. The number of carbonyl (C=O) groups is 1. The van der Waals surface area contributed by atoms with Crippen LogP contribution < -0.4 is 0 Å². The molecule has 4 heteroatoms. The Morgan fingerprint density at radius 2 is 2.12 bits per heavy atom. The summed E-state index contributed by atoms with van der Waals surface area (Å²) in [4.78, 5) is 11.7. The van der Waals surface area contributed by atoms with E-state index >= 15 is 0 Å². The van der Waals surface area contributed by atoms with E-state index in [0.29, 0.717) is 13.2 Å². The standard InChI is InChI=1S/C13H16O4/c1-16-13(15)12-8-17-7-6-11(12)9-2-4-10(14)5-3-9/h2-5,11-12,14H,6-8H2,1H3/t11-,12-/m0/s1. The molecule has 1 N–H and O–H groups in total. The predicted molar refractivity (Wildman–Crippen MR) is 61.8 cm³/mol. The average molecular weight is 236 g/mol. The van der Waals surface area contributed by atoms with Gasteiger partial charge in [0.25, 0.3) is 0 Å². The predicted octanol–water partition coefficient (Wildman–Crippen LogP) is 1.69. The van der Waals surface area contributed by atoms with Gasteiger partial charge in [-0.15, -0.1) is 0 Å². The van der Waals surface area contributed by atoms with E-state index in [1.165, 1.54) is 7.11 Å². The third-order valence-corrected chi connectivity index (χ3v) is 3.18. The van der Waals surface area contributed by atoms with E-state index < -0.39 is 0 Å². The highest BCUT2D eigenvalue weighted by Gasteiger charge is 2.33. The van der Waals surface area contributed by atoms with Gasteiger partial charge in [-0.05, 0) is 24.1 Å². The molecule has 1 saturated heterocycles. The van der Waals surface area contributed by atoms with Gasteiger partial charge in [0.05, 0.1) is 19.6 Å². The monoisotopic (exact) mass is 236 g/mol. The van der Waals surface area contributed by atoms with E-state index in [1.807, 2.05) is 12.1 Å². The van der Waals surface area contributed by atoms with E-state index in [9.17, 15) is 9.90 Å². The van der Waals surface area contributed by atoms with Crippen molar-refractivity contribution in [3.63, 3.8) is 0 Å². The van der Waals surface area contributed by atoms with E-state index in [-0.39, 0.29) is 23.6 Å². The summed E-state index contributed by atoms with van der Waals surface area (Å²) in [6, 6.07) is 6.97. The van der Waals surface area contributed by atoms with Crippen molar-refractivity contribution in [2.24, 2.45) is 5.92 Å². The van der Waals surface area contributed by atoms with Crippen molar-refractivity contribution >= 4 is 5.97 Å². The Kier molecular flexibility index (Phi) is 3.64. The molecule has 0 spiro atoms. The molecule has 1 heterocycles. The van der Waals surface area contributed by atoms with E-state index in [0.717, 1.165) is 12.0 Å². The molecule has 92 valence electrons. The lowest BCUT2D eigenvalue weighted by Gasteiger charge is -2.29. The molecular weight excluding hydrogens is 220 g/mol. The van der Waals surface area contributed by atoms with Gasteiger partial charge in [0.15, 0.2) is 0 Å². The highest BCUT2D eigenvalue weighted by molar-refractivity contribution is 5.74. The summed E-state index contributed by atoms with van der Waals surface area (Å²) in [6.07, 6.45) is 0.796. The van der Waals surface area contributed by atoms with E-state index in [2.05, 4.69) is 0 Å². The number of hydrogen-bond acceptors (Lipinski definition) is 4. The number of benzene rings is 1. The van der Waals surface area contributed by atoms with Crippen molar-refractivity contribution in [1.29, 1.82) is 0 Å². The normalized spacial score (nSPS) is 24.3. The Bertz CT molecular complexity index is 385. The second kappa shape index (κ2) is 5.19. The molecule has 0 radical (unpaired) electrons. The fourth-order valence-electron chi connectivity index (χ4n) is 2.24. The Hall–Kier alpha value is -1.55. The quantitative estimate of drug-likeness (QED) is 0.794. The summed E-state index contributed by atoms with van der Waals surface area (Å²) in [6.45, 7) is 1.05. The molecule has 0 bridgehead atoms. The zero-order valence-electron chi connectivity index (χ0n) is 9.76. The maximum absolute atomic E-state index is 11.7. The lowest BCUT2D eigenvalue weighted by molar-refractivity contribution is -0.150. The molecule has 2 rings (SSSR count). The van der Waals surface area contributed by atoms with E-state index in [1.54, 1.807) is 12.1 Å². The zero-order valence-corrected chi connectivity index (χ0v) is 9.76. The van der Waals surface area contributed by atoms with Crippen molar-refractivity contribution in [1.82, 2.24) is 0 Å². The van der Waals surface area contributed by atoms with Crippen LogP contribution in [0.4, 0.5) is 0 Å². The smallest absolute Gasteiger partial charge is 0.311 e. The number of carbonyl (C=O) groups excluding carboxylic acids is 1. The summed E-state index contributed by atoms with van der Waals surface area (Å²) in [5.41, 5.74) is 1.04. The Labute approximate surface area is 100 Å². The molecule has 0 aromatic heterocycles. The van der Waals surface area contributed by atoms with Gasteiger partial charge in [0.1, 0.15) is 5.75 Å². The molecule has 0 amide bonds. The summed E-state index contributed by atoms with van der Waals surface area (Å²) in [7, 11) is 1.39. The fraction of sp³-hybridized carbons (Fsp3) is 0.462. The lowest BCUT2D eigenvalue weighted by Crippen LogP contribution is -2.33. The Balaban J connectivity index is 2.21. The third kappa shape index (κ3) is 2.58. The maximum atomic E-state index is 11.7. The summed E-state index contributed by atoms with van der Waals surface area (Å²) in [5, 5.41) is 9.26. The number of rotatable bonds is 2. The molecule has 1 aliphatic rings. The number of phenols is 1. The van der Waals surface area contributed by atoms with Crippen LogP contribution in [-0.2, 0) is 14.3 Å². The molecule has 0 unspecified atom stereocenters. The molecule has 1 aromatic carbocycles. The fourth-order valence-corrected chi connectivity index (χ4v) is 2.24. The summed E-state index contributed by atoms with van der Waals surface area (Å²) >= 11 is 0. The van der Waals surface area contributed by atoms with Crippen LogP contribution in [0.5, 0.6) is 5.75 Å². The van der Waals surface area contributed by atoms with Crippen molar-refractivity contribution in [3.8, 4) is 5.75 Å². The van der Waals surface area contributed by atoms with Crippen LogP contribution in [0.3, 0.4) is 0 Å². The minimum Gasteiger partial charge on any atom is -0.508 e. The maximum Gasteiger partial charge on any atom is 0.311 e. The SMILES string of the molecule is COC(=O)[C@H]1COCC[C@H]1c1ccc(O)cc1. The number of esters is 1. The van der Waals surface area contributed by atoms with Crippen LogP contribution >= 0.6 is 0 Å². The number of methoxy groups -OCH3 is 1. The Morgan fingerprint density at radius 1 is 1.41 bits per heavy atom. The first kappa shape index (κ1) is 11.9. The van der Waals surface area contributed by atoms with Crippen molar-refractivity contribution in [2.45, 2.75) is 12.3 Å².